The third-order valence-corrected chi connectivity index (χ3v) is 11.8. The molecule has 0 radical (unpaired) electrons. The first-order valence-corrected chi connectivity index (χ1v) is 34.5. The van der Waals surface area contributed by atoms with Crippen LogP contribution in [0.15, 0.2) is 153 Å². The fourth-order valence-corrected chi connectivity index (χ4v) is 7.70. The summed E-state index contributed by atoms with van der Waals surface area (Å²) in [5.74, 6) is 0.610. The van der Waals surface area contributed by atoms with Crippen molar-refractivity contribution in [3.63, 3.8) is 0 Å². The van der Waals surface area contributed by atoms with E-state index in [0.717, 1.165) is 28.3 Å². The van der Waals surface area contributed by atoms with Gasteiger partial charge >= 0.3 is 30.1 Å². The summed E-state index contributed by atoms with van der Waals surface area (Å²) in [6, 6.07) is 29.9. The largest absolute Gasteiger partial charge is 0.507 e. The number of phenolic OH excluding ortho intramolecular Hbond substituents is 1. The van der Waals surface area contributed by atoms with E-state index >= 15 is 0 Å². The van der Waals surface area contributed by atoms with Crippen LogP contribution < -0.4 is 31.9 Å². The van der Waals surface area contributed by atoms with Crippen molar-refractivity contribution in [2.24, 2.45) is 55.9 Å². The van der Waals surface area contributed by atoms with Gasteiger partial charge < -0.3 is 66.0 Å². The molecule has 3 aromatic carbocycles. The first-order valence-electron chi connectivity index (χ1n) is 34.5. The minimum Gasteiger partial charge on any atom is -0.507 e. The zero-order valence-corrected chi connectivity index (χ0v) is 66.1. The molecule has 0 saturated heterocycles. The van der Waals surface area contributed by atoms with E-state index < -0.39 is 0 Å². The van der Waals surface area contributed by atoms with Crippen molar-refractivity contribution >= 4 is 65.9 Å². The SMILES string of the molecule is C.C.C(=N\OC(=NC1CCCCC1)NC1CCCCC1)/c1ccccc1.C=C(NC)ON=C(C)C.CC(C)(C)N=C(NC(C)(C)C)O/N=C/c1ccccc1.CC(C)(C)N=C(NC(C)(C)C)O/N=C/c1ccccc1O.CN=C(NC(C)(C)C)ON=C(C)C.CN=C(NC(C)(C)C)ON=C(C)C. The second-order valence-corrected chi connectivity index (χ2v) is 30.4. The van der Waals surface area contributed by atoms with Gasteiger partial charge in [-0.3, -0.25) is 0 Å². The van der Waals surface area contributed by atoms with Crippen molar-refractivity contribution < 1.29 is 34.1 Å². The molecule has 7 N–H and O–H groups in total. The van der Waals surface area contributed by atoms with E-state index in [0.29, 0.717) is 53.6 Å². The number of nitrogens with one attached hydrogen (secondary N) is 6. The number of aliphatic imine (C=N–C) groups is 5. The average molecular weight is 1430 g/mol. The number of oxime groups is 6. The van der Waals surface area contributed by atoms with E-state index in [9.17, 15) is 5.11 Å². The predicted molar refractivity (Wildman–Crippen MR) is 435 cm³/mol. The van der Waals surface area contributed by atoms with Gasteiger partial charge in [0.1, 0.15) is 5.75 Å². The first kappa shape index (κ1) is 97.3. The zero-order chi connectivity index (χ0) is 76.0. The number of phenols is 1. The molecule has 102 heavy (non-hydrogen) atoms. The van der Waals surface area contributed by atoms with Crippen molar-refractivity contribution in [2.45, 2.75) is 291 Å². The zero-order valence-electron chi connectivity index (χ0n) is 66.1. The van der Waals surface area contributed by atoms with Crippen molar-refractivity contribution in [3.05, 3.63) is 114 Å². The number of nitrogens with zero attached hydrogens (tertiary/aromatic N) is 11. The summed E-state index contributed by atoms with van der Waals surface area (Å²) >= 11 is 0. The summed E-state index contributed by atoms with van der Waals surface area (Å²) in [5, 5.41) is 51.7. The number of rotatable bonds is 13. The molecule has 24 heteroatoms. The predicted octanol–water partition coefficient (Wildman–Crippen LogP) is 17.4. The molecule has 0 heterocycles. The highest BCUT2D eigenvalue weighted by Gasteiger charge is 2.22. The van der Waals surface area contributed by atoms with Gasteiger partial charge in [0.2, 0.25) is 5.88 Å². The Morgan fingerprint density at radius 2 is 0.765 bits per heavy atom. The Morgan fingerprint density at radius 1 is 0.431 bits per heavy atom. The fraction of sp³-hybridized carbons (Fsp3) is 0.603. The molecule has 2 fully saturated rings. The van der Waals surface area contributed by atoms with Crippen LogP contribution in [0.5, 0.6) is 5.75 Å². The van der Waals surface area contributed by atoms with Crippen LogP contribution in [0.2, 0.25) is 0 Å². The fourth-order valence-electron chi connectivity index (χ4n) is 7.70. The van der Waals surface area contributed by atoms with Gasteiger partial charge in [0, 0.05) is 54.9 Å². The molecule has 0 bridgehead atoms. The highest BCUT2D eigenvalue weighted by Crippen LogP contribution is 2.22. The first-order chi connectivity index (χ1) is 46.5. The summed E-state index contributed by atoms with van der Waals surface area (Å²) in [7, 11) is 5.05. The molecule has 3 aromatic rings. The van der Waals surface area contributed by atoms with Gasteiger partial charge in [-0.2, -0.15) is 0 Å². The molecule has 2 aliphatic rings. The smallest absolute Gasteiger partial charge is 0.315 e. The molecule has 0 amide bonds. The Morgan fingerprint density at radius 3 is 1.11 bits per heavy atom. The Balaban J connectivity index is -0.00000118. The summed E-state index contributed by atoms with van der Waals surface area (Å²) in [5.41, 5.74) is 4.24. The summed E-state index contributed by atoms with van der Waals surface area (Å²) < 4.78 is 0. The van der Waals surface area contributed by atoms with E-state index in [-0.39, 0.29) is 53.8 Å². The maximum absolute atomic E-state index is 9.66. The third-order valence-electron chi connectivity index (χ3n) is 11.8. The number of benzene rings is 3. The van der Waals surface area contributed by atoms with Crippen LogP contribution >= 0.6 is 0 Å². The van der Waals surface area contributed by atoms with Crippen molar-refractivity contribution in [1.29, 1.82) is 0 Å². The molecule has 5 rings (SSSR count). The van der Waals surface area contributed by atoms with Gasteiger partial charge in [-0.05, 0) is 222 Å². The van der Waals surface area contributed by atoms with Gasteiger partial charge in [-0.25, -0.2) is 25.0 Å². The maximum atomic E-state index is 9.66. The van der Waals surface area contributed by atoms with Crippen LogP contribution in [-0.2, 0) is 29.0 Å². The molecule has 2 saturated carbocycles. The van der Waals surface area contributed by atoms with Crippen LogP contribution in [0.1, 0.15) is 262 Å². The second-order valence-electron chi connectivity index (χ2n) is 30.4. The van der Waals surface area contributed by atoms with E-state index in [1.54, 1.807) is 51.8 Å². The Bertz CT molecular complexity index is 3040. The lowest BCUT2D eigenvalue weighted by Gasteiger charge is -2.24. The second kappa shape index (κ2) is 51.3. The van der Waals surface area contributed by atoms with Crippen LogP contribution in [-0.4, -0.2) is 137 Å². The van der Waals surface area contributed by atoms with Gasteiger partial charge in [0.25, 0.3) is 0 Å². The van der Waals surface area contributed by atoms with Crippen molar-refractivity contribution in [1.82, 2.24) is 31.9 Å². The molecule has 0 atom stereocenters. The number of hydrogen-bond donors (Lipinski definition) is 7. The van der Waals surface area contributed by atoms with Crippen LogP contribution in [0.3, 0.4) is 0 Å². The number of aromatic hydroxyl groups is 1. The number of para-hydroxylation sites is 1. The van der Waals surface area contributed by atoms with Gasteiger partial charge in [0.15, 0.2) is 0 Å². The van der Waals surface area contributed by atoms with Crippen LogP contribution in [0.25, 0.3) is 0 Å². The quantitative estimate of drug-likeness (QED) is 0.0363. The van der Waals surface area contributed by atoms with Crippen molar-refractivity contribution in [3.8, 4) is 5.75 Å². The molecular formula is C78H137N17O7. The van der Waals surface area contributed by atoms with E-state index in [1.807, 2.05) is 212 Å². The molecule has 0 unspecified atom stereocenters. The standard InChI is InChI=1S/C20H29N3O.C16H25N3O2.C16H25N3O.2C9H19N3O.C6H12N2O.2CH4/c1-4-10-17(11-5-1)16-21-24-20(22-18-12-6-2-7-13-18)23-19-14-8-3-9-15-19;1-15(2,3)18-14(19-16(4,5)6)21-17-11-12-9-7-8-10-13(12)20;1-15(2,3)18-14(19-16(4,5)6)20-17-12-13-10-8-7-9-11-13;2*1-7(2)12-13-8(10-6)11-9(3,4)5;1-5(2)8-9-6(3)7-4;;/h1,4-5,10-11,16,18-19H,2-3,6-9,12-15H2,(H,22,23);7-11,20H,1-6H3,(H,18,19);7-12H,1-6H3,(H,18,19);2*1-6H3,(H,10,11);7H,3H2,1-2,4H3;2*1H4/b21-16+;17-11+;17-12+;;;;;. The highest BCUT2D eigenvalue weighted by atomic mass is 16.7. The van der Waals surface area contributed by atoms with Crippen LogP contribution in [0, 0.1) is 0 Å². The summed E-state index contributed by atoms with van der Waals surface area (Å²) in [6.07, 6.45) is 17.4. The minimum absolute atomic E-state index is 0. The topological polar surface area (TPSA) is 284 Å². The minimum atomic E-state index is -0.280. The molecule has 0 spiro atoms. The Labute approximate surface area is 616 Å². The number of amidine groups is 5. The Hall–Kier alpha value is -8.83. The van der Waals surface area contributed by atoms with Crippen LogP contribution in [0.4, 0.5) is 0 Å². The van der Waals surface area contributed by atoms with E-state index in [2.05, 4.69) is 110 Å². The molecule has 2 aliphatic carbocycles. The lowest BCUT2D eigenvalue weighted by atomic mass is 9.95. The number of hydrogen-bond acceptors (Lipinski definition) is 19. The van der Waals surface area contributed by atoms with Gasteiger partial charge in [-0.1, -0.05) is 157 Å². The molecule has 0 aliphatic heterocycles. The van der Waals surface area contributed by atoms with Gasteiger partial charge in [0.05, 0.1) is 52.9 Å². The maximum Gasteiger partial charge on any atom is 0.315 e. The average Bonchev–Trinajstić information content (AvgIpc) is 0.902. The lowest BCUT2D eigenvalue weighted by molar-refractivity contribution is 0.210. The van der Waals surface area contributed by atoms with E-state index in [1.165, 1.54) is 70.4 Å². The molecule has 0 aromatic heterocycles. The van der Waals surface area contributed by atoms with Crippen molar-refractivity contribution in [2.75, 3.05) is 21.1 Å². The molecule has 576 valence electrons. The van der Waals surface area contributed by atoms with E-state index in [4.69, 9.17) is 34.0 Å². The lowest BCUT2D eigenvalue weighted by Crippen LogP contribution is -2.42. The van der Waals surface area contributed by atoms with Gasteiger partial charge in [-0.15, -0.1) is 0 Å². The normalized spacial score (nSPS) is 14.2. The summed E-state index contributed by atoms with van der Waals surface area (Å²) in [6.45, 7) is 51.0. The molecule has 24 nitrogen and oxygen atoms in total. The highest BCUT2D eigenvalue weighted by molar-refractivity contribution is 5.85. The Kier molecular flexibility index (Phi) is 49.0. The molecular weight excluding hydrogens is 1290 g/mol. The summed E-state index contributed by atoms with van der Waals surface area (Å²) in [4.78, 5) is 52.9. The monoisotopic (exact) mass is 1420 g/mol. The third kappa shape index (κ3) is 60.0.